The molecule has 2 N–H and O–H groups in total. The molecule has 1 heterocycles. The summed E-state index contributed by atoms with van der Waals surface area (Å²) in [6, 6.07) is 0. The average molecular weight is 267 g/mol. The van der Waals surface area contributed by atoms with Gasteiger partial charge < -0.3 is 15.3 Å². The Morgan fingerprint density at radius 3 is 2.53 bits per heavy atom. The van der Waals surface area contributed by atoms with Crippen LogP contribution in [0.5, 0.6) is 0 Å². The quantitative estimate of drug-likeness (QED) is 0.538. The van der Waals surface area contributed by atoms with Crippen molar-refractivity contribution >= 4 is 12.3 Å². The monoisotopic (exact) mass is 267 g/mol. The van der Waals surface area contributed by atoms with Crippen LogP contribution >= 0.6 is 0 Å². The van der Waals surface area contributed by atoms with Crippen LogP contribution in [-0.2, 0) is 14.3 Å². The largest absolute Gasteiger partial charge is 0.461 e. The SMILES string of the molecule is CC1OC(=O)C2(N)CC3CCCCC3CC12.CC=O. The highest BCUT2D eigenvalue weighted by Gasteiger charge is 2.58. The van der Waals surface area contributed by atoms with E-state index in [4.69, 9.17) is 15.3 Å². The van der Waals surface area contributed by atoms with E-state index in [9.17, 15) is 4.79 Å². The molecule has 108 valence electrons. The molecule has 4 heteroatoms. The summed E-state index contributed by atoms with van der Waals surface area (Å²) >= 11 is 0. The third kappa shape index (κ3) is 2.55. The Morgan fingerprint density at radius 2 is 1.89 bits per heavy atom. The number of cyclic esters (lactones) is 1. The van der Waals surface area contributed by atoms with E-state index in [1.807, 2.05) is 6.92 Å². The standard InChI is InChI=1S/C13H21NO2.C2H4O/c1-8-11-6-9-4-2-3-5-10(9)7-13(11,14)12(15)16-8;1-2-3/h8-11H,2-7,14H2,1H3;2H,1H3. The second-order valence-electron chi connectivity index (χ2n) is 6.24. The molecule has 0 radical (unpaired) electrons. The number of ether oxygens (including phenoxy) is 1. The molecular formula is C15H25NO3. The molecule has 0 aromatic carbocycles. The molecule has 2 aliphatic carbocycles. The fourth-order valence-corrected chi connectivity index (χ4v) is 4.19. The fraction of sp³-hybridized carbons (Fsp3) is 0.867. The van der Waals surface area contributed by atoms with Crippen LogP contribution in [0.3, 0.4) is 0 Å². The van der Waals surface area contributed by atoms with Gasteiger partial charge in [0.05, 0.1) is 0 Å². The van der Waals surface area contributed by atoms with Crippen LogP contribution in [0.4, 0.5) is 0 Å². The minimum atomic E-state index is -0.655. The summed E-state index contributed by atoms with van der Waals surface area (Å²) < 4.78 is 5.35. The first kappa shape index (κ1) is 14.5. The zero-order valence-electron chi connectivity index (χ0n) is 11.9. The minimum absolute atomic E-state index is 0.0281. The van der Waals surface area contributed by atoms with Crippen LogP contribution in [0.25, 0.3) is 0 Å². The van der Waals surface area contributed by atoms with Gasteiger partial charge in [0, 0.05) is 5.92 Å². The Morgan fingerprint density at radius 1 is 1.32 bits per heavy atom. The van der Waals surface area contributed by atoms with Gasteiger partial charge in [0.15, 0.2) is 0 Å². The molecule has 0 aromatic heterocycles. The molecule has 3 aliphatic rings. The lowest BCUT2D eigenvalue weighted by Gasteiger charge is -2.44. The van der Waals surface area contributed by atoms with Crippen molar-refractivity contribution in [2.24, 2.45) is 23.5 Å². The maximum absolute atomic E-state index is 11.9. The highest BCUT2D eigenvalue weighted by Crippen LogP contribution is 2.50. The lowest BCUT2D eigenvalue weighted by molar-refractivity contribution is -0.145. The van der Waals surface area contributed by atoms with Crippen molar-refractivity contribution in [1.29, 1.82) is 0 Å². The van der Waals surface area contributed by atoms with E-state index >= 15 is 0 Å². The second kappa shape index (κ2) is 5.61. The van der Waals surface area contributed by atoms with Crippen LogP contribution < -0.4 is 5.73 Å². The predicted octanol–water partition coefficient (Wildman–Crippen LogP) is 2.05. The number of carbonyl (C=O) groups is 2. The van der Waals surface area contributed by atoms with E-state index in [-0.39, 0.29) is 18.0 Å². The Hall–Kier alpha value is -0.900. The first-order valence-electron chi connectivity index (χ1n) is 7.42. The molecular weight excluding hydrogens is 242 g/mol. The van der Waals surface area contributed by atoms with E-state index in [1.165, 1.54) is 32.6 Å². The fourth-order valence-electron chi connectivity index (χ4n) is 4.19. The molecule has 0 aromatic rings. The molecule has 3 rings (SSSR count). The van der Waals surface area contributed by atoms with E-state index < -0.39 is 5.54 Å². The zero-order valence-corrected chi connectivity index (χ0v) is 11.9. The molecule has 5 atom stereocenters. The smallest absolute Gasteiger partial charge is 0.326 e. The summed E-state index contributed by atoms with van der Waals surface area (Å²) in [6.45, 7) is 3.44. The molecule has 0 amide bonds. The zero-order chi connectivity index (χ0) is 14.0. The highest BCUT2D eigenvalue weighted by molar-refractivity contribution is 5.83. The average Bonchev–Trinajstić information content (AvgIpc) is 2.59. The molecule has 19 heavy (non-hydrogen) atoms. The van der Waals surface area contributed by atoms with E-state index in [1.54, 1.807) is 0 Å². The van der Waals surface area contributed by atoms with Gasteiger partial charge in [0.1, 0.15) is 17.9 Å². The van der Waals surface area contributed by atoms with Crippen molar-refractivity contribution in [1.82, 2.24) is 0 Å². The molecule has 0 bridgehead atoms. The number of rotatable bonds is 0. The van der Waals surface area contributed by atoms with Gasteiger partial charge >= 0.3 is 5.97 Å². The van der Waals surface area contributed by atoms with Crippen molar-refractivity contribution in [3.05, 3.63) is 0 Å². The summed E-state index contributed by atoms with van der Waals surface area (Å²) in [6.07, 6.45) is 8.01. The van der Waals surface area contributed by atoms with Crippen LogP contribution in [0.2, 0.25) is 0 Å². The molecule has 0 spiro atoms. The summed E-state index contributed by atoms with van der Waals surface area (Å²) in [5, 5.41) is 0. The third-order valence-electron chi connectivity index (χ3n) is 5.12. The molecule has 1 aliphatic heterocycles. The molecule has 2 saturated carbocycles. The van der Waals surface area contributed by atoms with Gasteiger partial charge in [-0.2, -0.15) is 0 Å². The molecule has 3 fully saturated rings. The topological polar surface area (TPSA) is 69.4 Å². The van der Waals surface area contributed by atoms with Crippen LogP contribution in [0.15, 0.2) is 0 Å². The van der Waals surface area contributed by atoms with Crippen molar-refractivity contribution in [3.63, 3.8) is 0 Å². The third-order valence-corrected chi connectivity index (χ3v) is 5.12. The Bertz CT molecular complexity index is 357. The first-order valence-corrected chi connectivity index (χ1v) is 7.42. The number of fused-ring (bicyclic) bond motifs is 2. The predicted molar refractivity (Wildman–Crippen MR) is 72.4 cm³/mol. The van der Waals surface area contributed by atoms with E-state index in [0.717, 1.165) is 25.0 Å². The van der Waals surface area contributed by atoms with Gasteiger partial charge in [-0.25, -0.2) is 0 Å². The Labute approximate surface area is 115 Å². The van der Waals surface area contributed by atoms with Crippen molar-refractivity contribution in [2.75, 3.05) is 0 Å². The normalized spacial score (nSPS) is 44.3. The number of nitrogens with two attached hydrogens (primary N) is 1. The number of aldehydes is 1. The summed E-state index contributed by atoms with van der Waals surface area (Å²) in [4.78, 5) is 20.7. The molecule has 5 unspecified atom stereocenters. The number of hydrogen-bond acceptors (Lipinski definition) is 4. The van der Waals surface area contributed by atoms with Crippen molar-refractivity contribution in [3.8, 4) is 0 Å². The number of hydrogen-bond donors (Lipinski definition) is 1. The Balaban J connectivity index is 0.000000408. The van der Waals surface area contributed by atoms with Crippen molar-refractivity contribution in [2.45, 2.75) is 64.0 Å². The van der Waals surface area contributed by atoms with Gasteiger partial charge in [-0.05, 0) is 38.5 Å². The number of esters is 1. The summed E-state index contributed by atoms with van der Waals surface area (Å²) in [7, 11) is 0. The summed E-state index contributed by atoms with van der Waals surface area (Å²) in [5.41, 5.74) is 5.68. The molecule has 4 nitrogen and oxygen atoms in total. The maximum Gasteiger partial charge on any atom is 0.326 e. The van der Waals surface area contributed by atoms with E-state index in [0.29, 0.717) is 5.92 Å². The second-order valence-corrected chi connectivity index (χ2v) is 6.24. The van der Waals surface area contributed by atoms with Gasteiger partial charge in [0.25, 0.3) is 0 Å². The Kier molecular flexibility index (Phi) is 4.29. The summed E-state index contributed by atoms with van der Waals surface area (Å²) in [5.74, 6) is 1.59. The highest BCUT2D eigenvalue weighted by atomic mass is 16.6. The van der Waals surface area contributed by atoms with Gasteiger partial charge in [-0.3, -0.25) is 4.79 Å². The van der Waals surface area contributed by atoms with Gasteiger partial charge in [-0.15, -0.1) is 0 Å². The van der Waals surface area contributed by atoms with Crippen LogP contribution in [0.1, 0.15) is 52.4 Å². The lowest BCUT2D eigenvalue weighted by atomic mass is 9.60. The molecule has 1 saturated heterocycles. The number of carbonyl (C=O) groups excluding carboxylic acids is 2. The first-order chi connectivity index (χ1) is 9.02. The minimum Gasteiger partial charge on any atom is -0.461 e. The van der Waals surface area contributed by atoms with Crippen molar-refractivity contribution < 1.29 is 14.3 Å². The van der Waals surface area contributed by atoms with Gasteiger partial charge in [-0.1, -0.05) is 25.7 Å². The van der Waals surface area contributed by atoms with E-state index in [2.05, 4.69) is 0 Å². The lowest BCUT2D eigenvalue weighted by Crippen LogP contribution is -2.56. The maximum atomic E-state index is 11.9. The van der Waals surface area contributed by atoms with Crippen LogP contribution in [0, 0.1) is 17.8 Å². The van der Waals surface area contributed by atoms with Crippen LogP contribution in [-0.4, -0.2) is 23.9 Å². The van der Waals surface area contributed by atoms with Gasteiger partial charge in [0.2, 0.25) is 0 Å².